The third-order valence-corrected chi connectivity index (χ3v) is 7.44. The maximum atomic E-state index is 11.6. The maximum absolute atomic E-state index is 11.6. The summed E-state index contributed by atoms with van der Waals surface area (Å²) in [6.07, 6.45) is 0.696. The van der Waals surface area contributed by atoms with Crippen molar-refractivity contribution in [1.29, 1.82) is 0 Å². The van der Waals surface area contributed by atoms with E-state index in [4.69, 9.17) is 14.5 Å². The second-order valence-electron chi connectivity index (χ2n) is 10.0. The maximum Gasteiger partial charge on any atom is 0.494 e. The highest BCUT2D eigenvalue weighted by molar-refractivity contribution is 7.17. The molecule has 3 atom stereocenters. The van der Waals surface area contributed by atoms with Crippen molar-refractivity contribution in [2.75, 3.05) is 13.2 Å². The van der Waals surface area contributed by atoms with Gasteiger partial charge in [-0.25, -0.2) is 0 Å². The molecule has 0 aromatic heterocycles. The molecule has 5 rings (SSSR count). The fourth-order valence-electron chi connectivity index (χ4n) is 5.02. The zero-order valence-corrected chi connectivity index (χ0v) is 24.4. The fraction of sp³-hybridized carbons (Fsp3) is 0.135. The highest BCUT2D eigenvalue weighted by Crippen LogP contribution is 2.22. The summed E-state index contributed by atoms with van der Waals surface area (Å²) < 4.78 is 17.2. The van der Waals surface area contributed by atoms with Gasteiger partial charge in [0.15, 0.2) is 0 Å². The average Bonchev–Trinajstić information content (AvgIpc) is 3.07. The Labute approximate surface area is 249 Å². The molecule has 0 saturated carbocycles. The van der Waals surface area contributed by atoms with Gasteiger partial charge < -0.3 is 0 Å². The van der Waals surface area contributed by atoms with Gasteiger partial charge in [-0.1, -0.05) is 152 Å². The van der Waals surface area contributed by atoms with Crippen LogP contribution in [0.2, 0.25) is 0 Å². The van der Waals surface area contributed by atoms with E-state index in [-0.39, 0.29) is 18.6 Å². The molecule has 0 saturated heterocycles. The van der Waals surface area contributed by atoms with Crippen LogP contribution in [0.15, 0.2) is 162 Å². The van der Waals surface area contributed by atoms with E-state index in [0.717, 1.165) is 33.7 Å². The van der Waals surface area contributed by atoms with Crippen LogP contribution in [0.4, 0.5) is 0 Å². The van der Waals surface area contributed by atoms with Crippen LogP contribution in [0.25, 0.3) is 0 Å². The number of hydrogen-bond acceptors (Lipinski definition) is 4. The van der Waals surface area contributed by atoms with E-state index in [0.29, 0.717) is 13.0 Å². The van der Waals surface area contributed by atoms with E-state index < -0.39 is 8.69 Å². The lowest BCUT2D eigenvalue weighted by molar-refractivity contribution is 0.247. The van der Waals surface area contributed by atoms with Gasteiger partial charge in [0.2, 0.25) is 0 Å². The quantitative estimate of drug-likeness (QED) is 0.106. The predicted octanol–water partition coefficient (Wildman–Crippen LogP) is 8.24. The third kappa shape index (κ3) is 8.04. The highest BCUT2D eigenvalue weighted by Gasteiger charge is 2.25. The molecule has 0 amide bonds. The van der Waals surface area contributed by atoms with Gasteiger partial charge in [0.1, 0.15) is 6.61 Å². The molecule has 0 fully saturated rings. The number of benzene rings is 5. The minimum Gasteiger partial charge on any atom is -0.284 e. The SMILES string of the molecule is O=[PH+]OCC(CN=C(c1ccccc1)c1ccccc1)C(Cc1ccccc1)N=C(c1ccccc1)c1ccccc1. The molecule has 42 heavy (non-hydrogen) atoms. The Bertz CT molecular complexity index is 1490. The van der Waals surface area contributed by atoms with Crippen molar-refractivity contribution in [2.45, 2.75) is 12.5 Å². The smallest absolute Gasteiger partial charge is 0.284 e. The van der Waals surface area contributed by atoms with Crippen molar-refractivity contribution in [3.8, 4) is 0 Å². The molecule has 0 N–H and O–H groups in total. The third-order valence-electron chi connectivity index (χ3n) is 7.16. The molecule has 0 radical (unpaired) electrons. The normalized spacial score (nSPS) is 12.3. The minimum absolute atomic E-state index is 0.128. The van der Waals surface area contributed by atoms with Crippen molar-refractivity contribution < 1.29 is 9.09 Å². The lowest BCUT2D eigenvalue weighted by atomic mass is 9.92. The van der Waals surface area contributed by atoms with Crippen molar-refractivity contribution in [2.24, 2.45) is 15.9 Å². The van der Waals surface area contributed by atoms with E-state index in [1.807, 2.05) is 78.9 Å². The van der Waals surface area contributed by atoms with Crippen molar-refractivity contribution in [3.63, 3.8) is 0 Å². The molecule has 5 aromatic rings. The summed E-state index contributed by atoms with van der Waals surface area (Å²) in [5.74, 6) is -0.128. The first kappa shape index (κ1) is 29.0. The first-order valence-corrected chi connectivity index (χ1v) is 15.0. The highest BCUT2D eigenvalue weighted by atomic mass is 31.1. The molecular weight excluding hydrogens is 535 g/mol. The number of aliphatic imine (C=N–C) groups is 2. The van der Waals surface area contributed by atoms with Gasteiger partial charge in [-0.2, -0.15) is 0 Å². The number of rotatable bonds is 13. The monoisotopic (exact) mass is 569 g/mol. The molecule has 0 aliphatic carbocycles. The zero-order valence-electron chi connectivity index (χ0n) is 23.4. The summed E-state index contributed by atoms with van der Waals surface area (Å²) in [5, 5.41) is 0. The Kier molecular flexibility index (Phi) is 10.7. The van der Waals surface area contributed by atoms with Gasteiger partial charge in [-0.15, -0.1) is 4.52 Å². The molecule has 5 heteroatoms. The van der Waals surface area contributed by atoms with Gasteiger partial charge in [0.05, 0.1) is 17.5 Å². The molecule has 0 aliphatic rings. The summed E-state index contributed by atoms with van der Waals surface area (Å²) >= 11 is 0. The molecule has 5 aromatic carbocycles. The fourth-order valence-corrected chi connectivity index (χ4v) is 5.31. The van der Waals surface area contributed by atoms with Gasteiger partial charge in [-0.3, -0.25) is 9.98 Å². The molecule has 0 heterocycles. The molecule has 0 aliphatic heterocycles. The largest absolute Gasteiger partial charge is 0.494 e. The summed E-state index contributed by atoms with van der Waals surface area (Å²) in [6.45, 7) is 0.738. The Morgan fingerprint density at radius 1 is 0.571 bits per heavy atom. The van der Waals surface area contributed by atoms with Gasteiger partial charge in [0.25, 0.3) is 0 Å². The van der Waals surface area contributed by atoms with E-state index in [2.05, 4.69) is 72.8 Å². The minimum atomic E-state index is -0.849. The lowest BCUT2D eigenvalue weighted by Crippen LogP contribution is -2.29. The van der Waals surface area contributed by atoms with Crippen LogP contribution >= 0.6 is 8.69 Å². The van der Waals surface area contributed by atoms with Crippen molar-refractivity contribution >= 4 is 20.1 Å². The first-order chi connectivity index (χ1) is 20.8. The first-order valence-electron chi connectivity index (χ1n) is 14.2. The van der Waals surface area contributed by atoms with Crippen LogP contribution in [-0.2, 0) is 15.5 Å². The van der Waals surface area contributed by atoms with Crippen LogP contribution in [0.3, 0.4) is 0 Å². The van der Waals surface area contributed by atoms with Crippen LogP contribution in [-0.4, -0.2) is 30.6 Å². The Hall–Kier alpha value is -4.50. The second kappa shape index (κ2) is 15.5. The van der Waals surface area contributed by atoms with E-state index >= 15 is 0 Å². The lowest BCUT2D eigenvalue weighted by Gasteiger charge is -2.23. The summed E-state index contributed by atoms with van der Waals surface area (Å²) in [7, 11) is -0.849. The average molecular weight is 570 g/mol. The van der Waals surface area contributed by atoms with Crippen LogP contribution in [0, 0.1) is 5.92 Å². The molecule has 0 bridgehead atoms. The molecule has 4 nitrogen and oxygen atoms in total. The molecule has 208 valence electrons. The predicted molar refractivity (Wildman–Crippen MR) is 174 cm³/mol. The number of hydrogen-bond donors (Lipinski definition) is 0. The molecule has 0 spiro atoms. The van der Waals surface area contributed by atoms with Crippen LogP contribution in [0.5, 0.6) is 0 Å². The Morgan fingerprint density at radius 3 is 1.40 bits per heavy atom. The summed E-state index contributed by atoms with van der Waals surface area (Å²) in [4.78, 5) is 10.7. The summed E-state index contributed by atoms with van der Waals surface area (Å²) in [6, 6.07) is 51.2. The second-order valence-corrected chi connectivity index (χ2v) is 10.5. The van der Waals surface area contributed by atoms with E-state index in [1.54, 1.807) is 0 Å². The van der Waals surface area contributed by atoms with Crippen LogP contribution in [0.1, 0.15) is 27.8 Å². The van der Waals surface area contributed by atoms with Crippen LogP contribution < -0.4 is 0 Å². The van der Waals surface area contributed by atoms with Gasteiger partial charge in [0, 0.05) is 34.7 Å². The zero-order chi connectivity index (χ0) is 28.8. The molecule has 3 unspecified atom stereocenters. The van der Waals surface area contributed by atoms with Gasteiger partial charge >= 0.3 is 8.69 Å². The van der Waals surface area contributed by atoms with E-state index in [1.165, 1.54) is 5.56 Å². The summed E-state index contributed by atoms with van der Waals surface area (Å²) in [5.41, 5.74) is 7.20. The number of nitrogens with zero attached hydrogens (tertiary/aromatic N) is 2. The van der Waals surface area contributed by atoms with Crippen molar-refractivity contribution in [3.05, 3.63) is 179 Å². The standard InChI is InChI=1S/C37H34N2O2P/c40-42-41-28-34(27-38-36(30-18-8-2-9-19-30)31-20-10-3-11-21-31)35(26-29-16-6-1-7-17-29)39-37(32-22-12-4-13-23-32)33-24-14-5-15-25-33/h1-25,34-35,42H,26-28H2/q+1. The Balaban J connectivity index is 1.60. The van der Waals surface area contributed by atoms with Gasteiger partial charge in [-0.05, 0) is 16.5 Å². The Morgan fingerprint density at radius 2 is 0.976 bits per heavy atom. The molecular formula is C37H34N2O2P+. The van der Waals surface area contributed by atoms with Crippen molar-refractivity contribution in [1.82, 2.24) is 0 Å². The topological polar surface area (TPSA) is 51.0 Å². The van der Waals surface area contributed by atoms with E-state index in [9.17, 15) is 4.57 Å².